The summed E-state index contributed by atoms with van der Waals surface area (Å²) in [6, 6.07) is 7.09. The van der Waals surface area contributed by atoms with E-state index in [4.69, 9.17) is 31.9 Å². The predicted molar refractivity (Wildman–Crippen MR) is 53.4 cm³/mol. The van der Waals surface area contributed by atoms with Crippen molar-refractivity contribution in [3.63, 3.8) is 0 Å². The fourth-order valence-electron chi connectivity index (χ4n) is 0.496. The summed E-state index contributed by atoms with van der Waals surface area (Å²) < 4.78 is 0. The highest BCUT2D eigenvalue weighted by Crippen LogP contribution is 2.04. The second-order valence-electron chi connectivity index (χ2n) is 1.85. The van der Waals surface area contributed by atoms with Gasteiger partial charge in [-0.2, -0.15) is 0 Å². The van der Waals surface area contributed by atoms with Crippen LogP contribution in [0.5, 0.6) is 0 Å². The van der Waals surface area contributed by atoms with Gasteiger partial charge in [0.25, 0.3) is 0 Å². The third kappa shape index (κ3) is 12.3. The summed E-state index contributed by atoms with van der Waals surface area (Å²) in [4.78, 5) is 16.5. The predicted octanol–water partition coefficient (Wildman–Crippen LogP) is 0.634. The molecule has 0 saturated carbocycles. The molecule has 74 valence electrons. The SMILES string of the molecule is Nc1ccc(N)cc1.[N-]=C=O.[N-]=C=O. The number of nitrogen functional groups attached to an aromatic ring is 2. The molecule has 1 aromatic rings. The van der Waals surface area contributed by atoms with Gasteiger partial charge < -0.3 is 22.3 Å². The first-order valence-corrected chi connectivity index (χ1v) is 3.25. The summed E-state index contributed by atoms with van der Waals surface area (Å²) in [5.41, 5.74) is 12.2. The fourth-order valence-corrected chi connectivity index (χ4v) is 0.496. The number of isocyanates is 2. The third-order valence-electron chi connectivity index (χ3n) is 0.936. The summed E-state index contributed by atoms with van der Waals surface area (Å²) >= 11 is 0. The lowest BCUT2D eigenvalue weighted by molar-refractivity contribution is 0.568. The van der Waals surface area contributed by atoms with Crippen LogP contribution >= 0.6 is 0 Å². The van der Waals surface area contributed by atoms with Crippen molar-refractivity contribution in [2.45, 2.75) is 0 Å². The number of carbonyl (C=O) groups excluding carboxylic acids is 2. The molecular weight excluding hydrogens is 184 g/mol. The van der Waals surface area contributed by atoms with Crippen LogP contribution in [0.15, 0.2) is 24.3 Å². The van der Waals surface area contributed by atoms with Crippen LogP contribution in [-0.2, 0) is 9.59 Å². The van der Waals surface area contributed by atoms with E-state index in [1.807, 2.05) is 0 Å². The Morgan fingerprint density at radius 1 is 0.857 bits per heavy atom. The lowest BCUT2D eigenvalue weighted by Gasteiger charge is -1.90. The normalized spacial score (nSPS) is 6.29. The van der Waals surface area contributed by atoms with Crippen LogP contribution in [0.3, 0.4) is 0 Å². The van der Waals surface area contributed by atoms with Crippen LogP contribution in [0.2, 0.25) is 0 Å². The summed E-state index contributed by atoms with van der Waals surface area (Å²) in [6.45, 7) is 0. The average Bonchev–Trinajstić information content (AvgIpc) is 2.13. The number of hydrogen-bond donors (Lipinski definition) is 2. The van der Waals surface area contributed by atoms with Crippen LogP contribution < -0.4 is 11.5 Å². The van der Waals surface area contributed by atoms with E-state index in [-0.39, 0.29) is 0 Å². The minimum Gasteiger partial charge on any atom is -0.724 e. The number of benzene rings is 1. The lowest BCUT2D eigenvalue weighted by atomic mass is 10.3. The molecule has 0 heterocycles. The molecule has 0 amide bonds. The van der Waals surface area contributed by atoms with Crippen molar-refractivity contribution in [1.29, 1.82) is 0 Å². The van der Waals surface area contributed by atoms with E-state index in [1.54, 1.807) is 24.3 Å². The number of anilines is 2. The second kappa shape index (κ2) is 10.6. The van der Waals surface area contributed by atoms with E-state index >= 15 is 0 Å². The average molecular weight is 192 g/mol. The molecule has 0 unspecified atom stereocenters. The van der Waals surface area contributed by atoms with Crippen molar-refractivity contribution in [2.24, 2.45) is 0 Å². The molecule has 0 aliphatic heterocycles. The Kier molecular flexibility index (Phi) is 10.7. The van der Waals surface area contributed by atoms with Crippen LogP contribution in [0.1, 0.15) is 0 Å². The Balaban J connectivity index is 0. The minimum absolute atomic E-state index is 0.500. The number of hydrogen-bond acceptors (Lipinski definition) is 4. The monoisotopic (exact) mass is 192 g/mol. The second-order valence-corrected chi connectivity index (χ2v) is 1.85. The molecule has 1 rings (SSSR count). The molecule has 14 heavy (non-hydrogen) atoms. The molecule has 0 aliphatic carbocycles. The van der Waals surface area contributed by atoms with Gasteiger partial charge in [0.05, 0.1) is 0 Å². The molecule has 0 atom stereocenters. The van der Waals surface area contributed by atoms with Crippen molar-refractivity contribution < 1.29 is 9.59 Å². The highest BCUT2D eigenvalue weighted by Gasteiger charge is 1.80. The van der Waals surface area contributed by atoms with Crippen molar-refractivity contribution >= 4 is 23.5 Å². The van der Waals surface area contributed by atoms with Gasteiger partial charge in [0.15, 0.2) is 0 Å². The number of nitrogens with two attached hydrogens (primary N) is 2. The maximum Gasteiger partial charge on any atom is 0.0315 e. The molecule has 0 aliphatic rings. The Morgan fingerprint density at radius 2 is 1.00 bits per heavy atom. The Labute approximate surface area is 80.5 Å². The smallest absolute Gasteiger partial charge is 0.0315 e. The summed E-state index contributed by atoms with van der Waals surface area (Å²) in [5, 5.41) is 13.5. The van der Waals surface area contributed by atoms with Crippen molar-refractivity contribution in [3.8, 4) is 0 Å². The Bertz CT molecular complexity index is 276. The van der Waals surface area contributed by atoms with Crippen molar-refractivity contribution in [1.82, 2.24) is 0 Å². The maximum atomic E-state index is 8.24. The van der Waals surface area contributed by atoms with E-state index in [0.29, 0.717) is 12.2 Å². The molecule has 6 heteroatoms. The topological polar surface area (TPSA) is 131 Å². The van der Waals surface area contributed by atoms with Gasteiger partial charge >= 0.3 is 0 Å². The van der Waals surface area contributed by atoms with Crippen LogP contribution in [0.25, 0.3) is 10.8 Å². The molecule has 0 radical (unpaired) electrons. The maximum absolute atomic E-state index is 8.24. The molecule has 6 nitrogen and oxygen atoms in total. The number of rotatable bonds is 0. The zero-order valence-corrected chi connectivity index (χ0v) is 7.18. The molecule has 0 bridgehead atoms. The van der Waals surface area contributed by atoms with Gasteiger partial charge in [0.2, 0.25) is 0 Å². The number of nitrogens with zero attached hydrogens (tertiary/aromatic N) is 2. The molecular formula is C8H8N4O2-2. The minimum atomic E-state index is 0.500. The molecule has 4 N–H and O–H groups in total. The molecule has 0 aromatic heterocycles. The lowest BCUT2D eigenvalue weighted by Crippen LogP contribution is -1.86. The quantitative estimate of drug-likeness (QED) is 0.354. The van der Waals surface area contributed by atoms with Gasteiger partial charge in [-0.1, -0.05) is 0 Å². The molecule has 0 spiro atoms. The standard InChI is InChI=1S/C6H8N2.2CNO/c7-5-1-2-6(8)4-3-5;2*2-1-3/h1-4H,7-8H2;;/q;2*-1. The van der Waals surface area contributed by atoms with Crippen molar-refractivity contribution in [2.75, 3.05) is 11.5 Å². The molecule has 0 saturated heterocycles. The molecule has 0 fully saturated rings. The molecule has 1 aromatic carbocycles. The van der Waals surface area contributed by atoms with Crippen molar-refractivity contribution in [3.05, 3.63) is 35.1 Å². The van der Waals surface area contributed by atoms with Gasteiger partial charge in [0.1, 0.15) is 0 Å². The largest absolute Gasteiger partial charge is 0.724 e. The van der Waals surface area contributed by atoms with Gasteiger partial charge in [0, 0.05) is 11.4 Å². The summed E-state index contributed by atoms with van der Waals surface area (Å²) in [7, 11) is 0. The summed E-state index contributed by atoms with van der Waals surface area (Å²) in [6.07, 6.45) is 1.00. The first-order chi connectivity index (χ1) is 6.62. The van der Waals surface area contributed by atoms with E-state index in [1.165, 1.54) is 0 Å². The Hall–Kier alpha value is -2.42. The van der Waals surface area contributed by atoms with Crippen LogP contribution in [0, 0.1) is 0 Å². The van der Waals surface area contributed by atoms with E-state index in [9.17, 15) is 0 Å². The first kappa shape index (κ1) is 14.1. The van der Waals surface area contributed by atoms with Gasteiger partial charge in [-0.15, -0.1) is 0 Å². The zero-order valence-electron chi connectivity index (χ0n) is 7.18. The highest BCUT2D eigenvalue weighted by molar-refractivity contribution is 5.47. The summed E-state index contributed by atoms with van der Waals surface area (Å²) in [5.74, 6) is 0. The van der Waals surface area contributed by atoms with Gasteiger partial charge in [-0.25, -0.2) is 0 Å². The van der Waals surface area contributed by atoms with Crippen LogP contribution in [0.4, 0.5) is 11.4 Å². The van der Waals surface area contributed by atoms with E-state index in [0.717, 1.165) is 11.4 Å². The van der Waals surface area contributed by atoms with E-state index < -0.39 is 0 Å². The van der Waals surface area contributed by atoms with Gasteiger partial charge in [-0.3, -0.25) is 9.59 Å². The van der Waals surface area contributed by atoms with E-state index in [2.05, 4.69) is 0 Å². The third-order valence-corrected chi connectivity index (χ3v) is 0.936. The highest BCUT2D eigenvalue weighted by atomic mass is 16.1. The fraction of sp³-hybridized carbons (Fsp3) is 0. The van der Waals surface area contributed by atoms with Crippen LogP contribution in [-0.4, -0.2) is 12.2 Å². The first-order valence-electron chi connectivity index (χ1n) is 3.25. The Morgan fingerprint density at radius 3 is 1.14 bits per heavy atom. The zero-order chi connectivity index (χ0) is 11.4. The van der Waals surface area contributed by atoms with Gasteiger partial charge in [-0.05, 0) is 36.4 Å².